The van der Waals surface area contributed by atoms with Crippen LogP contribution >= 0.6 is 0 Å². The third-order valence-corrected chi connectivity index (χ3v) is 3.72. The molecule has 0 aliphatic carbocycles. The predicted octanol–water partition coefficient (Wildman–Crippen LogP) is 4.56. The van der Waals surface area contributed by atoms with Crippen LogP contribution in [0.2, 0.25) is 0 Å². The standard InChI is InChI=1S/C22H20N2O2/c25-22(15-14-18-8-3-1-4-9-18)24-23-17-19-10-7-13-21(16-19)26-20-11-5-2-6-12-20/h1-13,16-17H,14-15H2,(H,24,25)/b23-17+. The van der Waals surface area contributed by atoms with E-state index in [1.54, 1.807) is 6.21 Å². The number of amides is 1. The number of para-hydroxylation sites is 1. The second-order valence-corrected chi connectivity index (χ2v) is 5.77. The van der Waals surface area contributed by atoms with E-state index in [1.807, 2.05) is 84.9 Å². The number of hydrogen-bond donors (Lipinski definition) is 1. The van der Waals surface area contributed by atoms with Crippen molar-refractivity contribution in [1.82, 2.24) is 5.43 Å². The molecule has 0 saturated heterocycles. The Kier molecular flexibility index (Phi) is 6.15. The third-order valence-electron chi connectivity index (χ3n) is 3.72. The molecule has 0 bridgehead atoms. The van der Waals surface area contributed by atoms with Crippen molar-refractivity contribution in [3.63, 3.8) is 0 Å². The molecular formula is C22H20N2O2. The van der Waals surface area contributed by atoms with Crippen LogP contribution in [0, 0.1) is 0 Å². The van der Waals surface area contributed by atoms with Gasteiger partial charge >= 0.3 is 0 Å². The number of carbonyl (C=O) groups is 1. The minimum absolute atomic E-state index is 0.109. The maximum Gasteiger partial charge on any atom is 0.240 e. The molecule has 0 atom stereocenters. The van der Waals surface area contributed by atoms with Crippen molar-refractivity contribution in [3.05, 3.63) is 96.1 Å². The van der Waals surface area contributed by atoms with Crippen molar-refractivity contribution in [1.29, 1.82) is 0 Å². The molecule has 0 fully saturated rings. The smallest absolute Gasteiger partial charge is 0.240 e. The van der Waals surface area contributed by atoms with Crippen LogP contribution in [0.1, 0.15) is 17.5 Å². The Morgan fingerprint density at radius 2 is 1.58 bits per heavy atom. The van der Waals surface area contributed by atoms with Crippen molar-refractivity contribution in [2.45, 2.75) is 12.8 Å². The molecule has 0 unspecified atom stereocenters. The quantitative estimate of drug-likeness (QED) is 0.504. The van der Waals surface area contributed by atoms with Gasteiger partial charge in [-0.2, -0.15) is 5.10 Å². The molecule has 3 aromatic carbocycles. The van der Waals surface area contributed by atoms with Crippen LogP contribution in [0.5, 0.6) is 11.5 Å². The van der Waals surface area contributed by atoms with Gasteiger partial charge < -0.3 is 4.74 Å². The minimum atomic E-state index is -0.109. The Morgan fingerprint density at radius 1 is 0.885 bits per heavy atom. The van der Waals surface area contributed by atoms with Crippen LogP contribution in [0.3, 0.4) is 0 Å². The predicted molar refractivity (Wildman–Crippen MR) is 103 cm³/mol. The Morgan fingerprint density at radius 3 is 2.35 bits per heavy atom. The fourth-order valence-corrected chi connectivity index (χ4v) is 2.42. The molecule has 3 rings (SSSR count). The molecular weight excluding hydrogens is 324 g/mol. The molecule has 1 N–H and O–H groups in total. The van der Waals surface area contributed by atoms with Crippen LogP contribution in [0.25, 0.3) is 0 Å². The summed E-state index contributed by atoms with van der Waals surface area (Å²) in [6.45, 7) is 0. The van der Waals surface area contributed by atoms with E-state index in [0.717, 1.165) is 22.6 Å². The summed E-state index contributed by atoms with van der Waals surface area (Å²) in [6.07, 6.45) is 2.71. The van der Waals surface area contributed by atoms with E-state index in [0.29, 0.717) is 12.8 Å². The number of aryl methyl sites for hydroxylation is 1. The van der Waals surface area contributed by atoms with E-state index in [-0.39, 0.29) is 5.91 Å². The molecule has 130 valence electrons. The summed E-state index contributed by atoms with van der Waals surface area (Å²) < 4.78 is 5.78. The molecule has 4 nitrogen and oxygen atoms in total. The average molecular weight is 344 g/mol. The normalized spacial score (nSPS) is 10.6. The van der Waals surface area contributed by atoms with E-state index in [9.17, 15) is 4.79 Å². The van der Waals surface area contributed by atoms with E-state index in [4.69, 9.17) is 4.74 Å². The molecule has 0 radical (unpaired) electrons. The highest BCUT2D eigenvalue weighted by Gasteiger charge is 2.01. The lowest BCUT2D eigenvalue weighted by molar-refractivity contribution is -0.121. The number of hydrogen-bond acceptors (Lipinski definition) is 3. The lowest BCUT2D eigenvalue weighted by atomic mass is 10.1. The van der Waals surface area contributed by atoms with Crippen LogP contribution in [0.15, 0.2) is 90.0 Å². The van der Waals surface area contributed by atoms with Gasteiger partial charge in [0.15, 0.2) is 0 Å². The Balaban J connectivity index is 1.50. The zero-order valence-corrected chi connectivity index (χ0v) is 14.3. The molecule has 0 aromatic heterocycles. The van der Waals surface area contributed by atoms with Gasteiger partial charge in [-0.05, 0) is 41.8 Å². The molecule has 0 heterocycles. The summed E-state index contributed by atoms with van der Waals surface area (Å²) in [6, 6.07) is 27.0. The second-order valence-electron chi connectivity index (χ2n) is 5.77. The topological polar surface area (TPSA) is 50.7 Å². The molecule has 26 heavy (non-hydrogen) atoms. The summed E-state index contributed by atoms with van der Waals surface area (Å²) >= 11 is 0. The molecule has 0 saturated carbocycles. The maximum atomic E-state index is 11.9. The zero-order chi connectivity index (χ0) is 18.0. The fraction of sp³-hybridized carbons (Fsp3) is 0.0909. The highest BCUT2D eigenvalue weighted by Crippen LogP contribution is 2.21. The van der Waals surface area contributed by atoms with Crippen LogP contribution in [0.4, 0.5) is 0 Å². The summed E-state index contributed by atoms with van der Waals surface area (Å²) in [4.78, 5) is 11.9. The average Bonchev–Trinajstić information content (AvgIpc) is 2.68. The Hall–Kier alpha value is -3.40. The molecule has 0 aliphatic heterocycles. The highest BCUT2D eigenvalue weighted by atomic mass is 16.5. The van der Waals surface area contributed by atoms with Crippen molar-refractivity contribution >= 4 is 12.1 Å². The number of nitrogens with zero attached hydrogens (tertiary/aromatic N) is 1. The van der Waals surface area contributed by atoms with Gasteiger partial charge in [0.1, 0.15) is 11.5 Å². The van der Waals surface area contributed by atoms with Crippen LogP contribution in [-0.4, -0.2) is 12.1 Å². The lowest BCUT2D eigenvalue weighted by Gasteiger charge is -2.05. The summed E-state index contributed by atoms with van der Waals surface area (Å²) in [5.41, 5.74) is 4.55. The van der Waals surface area contributed by atoms with Crippen molar-refractivity contribution in [2.75, 3.05) is 0 Å². The van der Waals surface area contributed by atoms with E-state index in [2.05, 4.69) is 10.5 Å². The van der Waals surface area contributed by atoms with Gasteiger partial charge in [0.2, 0.25) is 5.91 Å². The van der Waals surface area contributed by atoms with E-state index < -0.39 is 0 Å². The first-order valence-electron chi connectivity index (χ1n) is 8.48. The van der Waals surface area contributed by atoms with Gasteiger partial charge in [-0.1, -0.05) is 60.7 Å². The number of benzene rings is 3. The van der Waals surface area contributed by atoms with Gasteiger partial charge in [0, 0.05) is 6.42 Å². The molecule has 3 aromatic rings. The van der Waals surface area contributed by atoms with Gasteiger partial charge in [-0.25, -0.2) is 5.43 Å². The zero-order valence-electron chi connectivity index (χ0n) is 14.3. The van der Waals surface area contributed by atoms with Gasteiger partial charge in [-0.15, -0.1) is 0 Å². The SMILES string of the molecule is O=C(CCc1ccccc1)N/N=C/c1cccc(Oc2ccccc2)c1. The number of rotatable bonds is 7. The largest absolute Gasteiger partial charge is 0.457 e. The van der Waals surface area contributed by atoms with Gasteiger partial charge in [-0.3, -0.25) is 4.79 Å². The van der Waals surface area contributed by atoms with E-state index in [1.165, 1.54) is 0 Å². The molecule has 4 heteroatoms. The Bertz CT molecular complexity index is 862. The van der Waals surface area contributed by atoms with Crippen molar-refractivity contribution in [2.24, 2.45) is 5.10 Å². The van der Waals surface area contributed by atoms with Crippen molar-refractivity contribution < 1.29 is 9.53 Å². The second kappa shape index (κ2) is 9.18. The Labute approximate surface area is 153 Å². The fourth-order valence-electron chi connectivity index (χ4n) is 2.42. The first-order valence-corrected chi connectivity index (χ1v) is 8.48. The van der Waals surface area contributed by atoms with Gasteiger partial charge in [0.25, 0.3) is 0 Å². The third kappa shape index (κ3) is 5.60. The molecule has 0 aliphatic rings. The number of hydrazone groups is 1. The van der Waals surface area contributed by atoms with Crippen LogP contribution in [-0.2, 0) is 11.2 Å². The minimum Gasteiger partial charge on any atom is -0.457 e. The molecule has 1 amide bonds. The first-order chi connectivity index (χ1) is 12.8. The van der Waals surface area contributed by atoms with E-state index >= 15 is 0 Å². The van der Waals surface area contributed by atoms with Crippen LogP contribution < -0.4 is 10.2 Å². The number of ether oxygens (including phenoxy) is 1. The summed E-state index contributed by atoms with van der Waals surface area (Å²) in [5.74, 6) is 1.38. The maximum absolute atomic E-state index is 11.9. The van der Waals surface area contributed by atoms with Gasteiger partial charge in [0.05, 0.1) is 6.21 Å². The first kappa shape index (κ1) is 17.4. The number of nitrogens with one attached hydrogen (secondary N) is 1. The highest BCUT2D eigenvalue weighted by molar-refractivity contribution is 5.82. The monoisotopic (exact) mass is 344 g/mol. The van der Waals surface area contributed by atoms with Crippen molar-refractivity contribution in [3.8, 4) is 11.5 Å². The summed E-state index contributed by atoms with van der Waals surface area (Å²) in [5, 5.41) is 4.02. The summed E-state index contributed by atoms with van der Waals surface area (Å²) in [7, 11) is 0. The number of carbonyl (C=O) groups excluding carboxylic acids is 1. The lowest BCUT2D eigenvalue weighted by Crippen LogP contribution is -2.17. The molecule has 0 spiro atoms.